The van der Waals surface area contributed by atoms with Gasteiger partial charge in [-0.3, -0.25) is 0 Å². The Labute approximate surface area is 114 Å². The molecule has 0 aromatic heterocycles. The van der Waals surface area contributed by atoms with E-state index in [1.807, 2.05) is 18.2 Å². The van der Waals surface area contributed by atoms with Crippen LogP contribution in [0.5, 0.6) is 0 Å². The van der Waals surface area contributed by atoms with Gasteiger partial charge in [-0.2, -0.15) is 0 Å². The van der Waals surface area contributed by atoms with Crippen LogP contribution in [0.15, 0.2) is 36.4 Å². The first-order valence-corrected chi connectivity index (χ1v) is 6.70. The van der Waals surface area contributed by atoms with Crippen molar-refractivity contribution in [2.24, 2.45) is 0 Å². The van der Waals surface area contributed by atoms with Gasteiger partial charge in [-0.15, -0.1) is 0 Å². The van der Waals surface area contributed by atoms with E-state index in [0.29, 0.717) is 10.7 Å². The maximum atomic E-state index is 5.98. The summed E-state index contributed by atoms with van der Waals surface area (Å²) < 4.78 is 0. The first-order valence-electron chi connectivity index (χ1n) is 6.33. The van der Waals surface area contributed by atoms with Gasteiger partial charge in [0, 0.05) is 0 Å². The number of halogens is 1. The third kappa shape index (κ3) is 2.51. The minimum atomic E-state index is 0.614. The van der Waals surface area contributed by atoms with Gasteiger partial charge in [0.15, 0.2) is 0 Å². The Balaban J connectivity index is 2.57. The maximum absolute atomic E-state index is 5.98. The number of rotatable bonds is 3. The molecule has 0 aliphatic carbocycles. The van der Waals surface area contributed by atoms with Crippen molar-refractivity contribution >= 4 is 17.3 Å². The van der Waals surface area contributed by atoms with Crippen molar-refractivity contribution in [3.05, 3.63) is 52.5 Å². The molecule has 18 heavy (non-hydrogen) atoms. The normalized spacial score (nSPS) is 10.6. The molecule has 0 aliphatic heterocycles. The summed E-state index contributed by atoms with van der Waals surface area (Å²) in [6.45, 7) is 4.34. The average molecular weight is 260 g/mol. The van der Waals surface area contributed by atoms with E-state index in [2.05, 4.69) is 32.0 Å². The fourth-order valence-electron chi connectivity index (χ4n) is 2.13. The van der Waals surface area contributed by atoms with Crippen LogP contribution in [0.3, 0.4) is 0 Å². The van der Waals surface area contributed by atoms with E-state index in [-0.39, 0.29) is 0 Å². The van der Waals surface area contributed by atoms with Gasteiger partial charge in [-0.05, 0) is 47.2 Å². The van der Waals surface area contributed by atoms with Crippen LogP contribution >= 0.6 is 11.6 Å². The summed E-state index contributed by atoms with van der Waals surface area (Å²) in [5.74, 6) is 0. The van der Waals surface area contributed by atoms with Crippen LogP contribution in [-0.4, -0.2) is 0 Å². The summed E-state index contributed by atoms with van der Waals surface area (Å²) in [6.07, 6.45) is 2.06. The minimum absolute atomic E-state index is 0.614. The lowest BCUT2D eigenvalue weighted by Gasteiger charge is -2.11. The summed E-state index contributed by atoms with van der Waals surface area (Å²) >= 11 is 5.98. The second kappa shape index (κ2) is 5.45. The lowest BCUT2D eigenvalue weighted by molar-refractivity contribution is 1.10. The molecule has 1 nitrogen and oxygen atoms in total. The molecule has 0 amide bonds. The highest BCUT2D eigenvalue weighted by molar-refractivity contribution is 6.33. The minimum Gasteiger partial charge on any atom is -0.398 e. The van der Waals surface area contributed by atoms with Crippen molar-refractivity contribution in [2.45, 2.75) is 26.7 Å². The van der Waals surface area contributed by atoms with E-state index in [4.69, 9.17) is 17.3 Å². The summed E-state index contributed by atoms with van der Waals surface area (Å²) in [5, 5.41) is 0.614. The Morgan fingerprint density at radius 2 is 1.78 bits per heavy atom. The Morgan fingerprint density at radius 1 is 1.00 bits per heavy atom. The second-order valence-electron chi connectivity index (χ2n) is 4.43. The van der Waals surface area contributed by atoms with Crippen LogP contribution in [0, 0.1) is 0 Å². The van der Waals surface area contributed by atoms with Crippen LogP contribution < -0.4 is 5.73 Å². The molecular weight excluding hydrogens is 242 g/mol. The molecule has 0 atom stereocenters. The average Bonchev–Trinajstić information content (AvgIpc) is 2.41. The molecule has 0 fully saturated rings. The third-order valence-corrected chi connectivity index (χ3v) is 3.61. The molecule has 2 aromatic rings. The van der Waals surface area contributed by atoms with Crippen LogP contribution in [0.2, 0.25) is 5.02 Å². The van der Waals surface area contributed by atoms with Gasteiger partial charge in [0.1, 0.15) is 0 Å². The molecule has 0 spiro atoms. The molecule has 0 saturated heterocycles. The van der Waals surface area contributed by atoms with Gasteiger partial charge in [0.25, 0.3) is 0 Å². The van der Waals surface area contributed by atoms with Gasteiger partial charge < -0.3 is 5.73 Å². The smallest absolute Gasteiger partial charge is 0.0635 e. The third-order valence-electron chi connectivity index (χ3n) is 3.27. The number of anilines is 1. The number of benzene rings is 2. The van der Waals surface area contributed by atoms with Crippen molar-refractivity contribution in [1.29, 1.82) is 0 Å². The predicted octanol–water partition coefficient (Wildman–Crippen LogP) is 4.71. The highest BCUT2D eigenvalue weighted by atomic mass is 35.5. The lowest BCUT2D eigenvalue weighted by Crippen LogP contribution is -1.93. The van der Waals surface area contributed by atoms with Gasteiger partial charge in [-0.1, -0.05) is 49.7 Å². The van der Waals surface area contributed by atoms with E-state index >= 15 is 0 Å². The van der Waals surface area contributed by atoms with Crippen molar-refractivity contribution < 1.29 is 0 Å². The first kappa shape index (κ1) is 13.0. The fourth-order valence-corrected chi connectivity index (χ4v) is 2.25. The van der Waals surface area contributed by atoms with Crippen LogP contribution in [0.4, 0.5) is 5.69 Å². The molecule has 0 heterocycles. The van der Waals surface area contributed by atoms with Gasteiger partial charge >= 0.3 is 0 Å². The zero-order chi connectivity index (χ0) is 13.1. The SMILES string of the molecule is CCc1ccc(CC)c(-c2ccc(Cl)c(N)c2)c1. The zero-order valence-corrected chi connectivity index (χ0v) is 11.6. The molecule has 94 valence electrons. The zero-order valence-electron chi connectivity index (χ0n) is 10.8. The van der Waals surface area contributed by atoms with E-state index in [0.717, 1.165) is 18.4 Å². The lowest BCUT2D eigenvalue weighted by atomic mass is 9.95. The largest absolute Gasteiger partial charge is 0.398 e. The van der Waals surface area contributed by atoms with Crippen molar-refractivity contribution in [3.8, 4) is 11.1 Å². The Hall–Kier alpha value is -1.47. The Bertz CT molecular complexity index is 561. The highest BCUT2D eigenvalue weighted by Crippen LogP contribution is 2.30. The standard InChI is InChI=1S/C16H18ClN/c1-3-11-5-6-12(4-2)14(9-11)13-7-8-15(17)16(18)10-13/h5-10H,3-4,18H2,1-2H3. The van der Waals surface area contributed by atoms with Crippen molar-refractivity contribution in [2.75, 3.05) is 5.73 Å². The van der Waals surface area contributed by atoms with Gasteiger partial charge in [-0.25, -0.2) is 0 Å². The second-order valence-corrected chi connectivity index (χ2v) is 4.84. The number of nitrogen functional groups attached to an aromatic ring is 1. The van der Waals surface area contributed by atoms with Crippen molar-refractivity contribution in [3.63, 3.8) is 0 Å². The Morgan fingerprint density at radius 3 is 2.39 bits per heavy atom. The number of hydrogen-bond acceptors (Lipinski definition) is 1. The molecule has 0 unspecified atom stereocenters. The molecule has 0 aliphatic rings. The molecule has 2 rings (SSSR count). The predicted molar refractivity (Wildman–Crippen MR) is 80.1 cm³/mol. The summed E-state index contributed by atoms with van der Waals surface area (Å²) in [4.78, 5) is 0. The number of hydrogen-bond donors (Lipinski definition) is 1. The quantitative estimate of drug-likeness (QED) is 0.794. The topological polar surface area (TPSA) is 26.0 Å². The monoisotopic (exact) mass is 259 g/mol. The summed E-state index contributed by atoms with van der Waals surface area (Å²) in [5.41, 5.74) is 11.6. The van der Waals surface area contributed by atoms with Crippen LogP contribution in [0.1, 0.15) is 25.0 Å². The molecule has 2 N–H and O–H groups in total. The van der Waals surface area contributed by atoms with Crippen LogP contribution in [0.25, 0.3) is 11.1 Å². The number of nitrogens with two attached hydrogens (primary N) is 1. The fraction of sp³-hybridized carbons (Fsp3) is 0.250. The van der Waals surface area contributed by atoms with Crippen molar-refractivity contribution in [1.82, 2.24) is 0 Å². The molecule has 0 bridgehead atoms. The Kier molecular flexibility index (Phi) is 3.93. The van der Waals surface area contributed by atoms with E-state index in [9.17, 15) is 0 Å². The summed E-state index contributed by atoms with van der Waals surface area (Å²) in [7, 11) is 0. The first-order chi connectivity index (χ1) is 8.65. The highest BCUT2D eigenvalue weighted by Gasteiger charge is 2.06. The molecule has 2 heteroatoms. The number of aryl methyl sites for hydroxylation is 2. The van der Waals surface area contributed by atoms with E-state index in [1.165, 1.54) is 16.7 Å². The van der Waals surface area contributed by atoms with Crippen LogP contribution in [-0.2, 0) is 12.8 Å². The van der Waals surface area contributed by atoms with Gasteiger partial charge in [0.05, 0.1) is 10.7 Å². The maximum Gasteiger partial charge on any atom is 0.0635 e. The molecule has 0 radical (unpaired) electrons. The van der Waals surface area contributed by atoms with E-state index < -0.39 is 0 Å². The molecule has 2 aromatic carbocycles. The summed E-state index contributed by atoms with van der Waals surface area (Å²) in [6, 6.07) is 12.5. The molecule has 0 saturated carbocycles. The van der Waals surface area contributed by atoms with E-state index in [1.54, 1.807) is 0 Å². The molecular formula is C16H18ClN. The van der Waals surface area contributed by atoms with Gasteiger partial charge in [0.2, 0.25) is 0 Å².